The molecule has 1 saturated carbocycles. The van der Waals surface area contributed by atoms with E-state index >= 15 is 0 Å². The van der Waals surface area contributed by atoms with Gasteiger partial charge < -0.3 is 14.2 Å². The van der Waals surface area contributed by atoms with Gasteiger partial charge in [-0.1, -0.05) is 24.3 Å². The van der Waals surface area contributed by atoms with Crippen molar-refractivity contribution in [3.8, 4) is 22.8 Å². The quantitative estimate of drug-likeness (QED) is 0.293. The van der Waals surface area contributed by atoms with E-state index in [1.54, 1.807) is 30.6 Å². The molecule has 1 aliphatic rings. The normalized spacial score (nSPS) is 14.5. The molecule has 1 fully saturated rings. The van der Waals surface area contributed by atoms with Crippen LogP contribution in [0.3, 0.4) is 0 Å². The molecule has 0 spiro atoms. The Bertz CT molecular complexity index is 1410. The zero-order valence-corrected chi connectivity index (χ0v) is 21.3. The summed E-state index contributed by atoms with van der Waals surface area (Å²) in [6, 6.07) is 14.6. The summed E-state index contributed by atoms with van der Waals surface area (Å²) >= 11 is 3.24. The van der Waals surface area contributed by atoms with Gasteiger partial charge in [-0.3, -0.25) is 0 Å². The summed E-state index contributed by atoms with van der Waals surface area (Å²) in [5.74, 6) is 1.55. The average molecular weight is 529 g/mol. The van der Waals surface area contributed by atoms with Crippen LogP contribution in [0.4, 0.5) is 5.13 Å². The van der Waals surface area contributed by atoms with Crippen LogP contribution in [0.25, 0.3) is 11.3 Å². The highest BCUT2D eigenvalue weighted by atomic mass is 32.2. The predicted molar refractivity (Wildman–Crippen MR) is 138 cm³/mol. The topological polar surface area (TPSA) is 116 Å². The van der Waals surface area contributed by atoms with Crippen molar-refractivity contribution < 1.29 is 17.3 Å². The van der Waals surface area contributed by atoms with E-state index < -0.39 is 10.3 Å². The van der Waals surface area contributed by atoms with E-state index in [1.165, 1.54) is 29.2 Å². The Morgan fingerprint density at radius 3 is 2.60 bits per heavy atom. The first-order chi connectivity index (χ1) is 16.9. The highest BCUT2D eigenvalue weighted by Crippen LogP contribution is 2.42. The first-order valence-corrected chi connectivity index (χ1v) is 14.2. The Hall–Kier alpha value is -2.99. The van der Waals surface area contributed by atoms with E-state index in [1.807, 2.05) is 41.8 Å². The molecule has 2 aromatic carbocycles. The molecule has 0 aliphatic heterocycles. The summed E-state index contributed by atoms with van der Waals surface area (Å²) in [5.41, 5.74) is 3.83. The fourth-order valence-electron chi connectivity index (χ4n) is 3.66. The minimum Gasteiger partial charge on any atom is -0.497 e. The fourth-order valence-corrected chi connectivity index (χ4v) is 5.86. The van der Waals surface area contributed by atoms with Crippen molar-refractivity contribution in [2.45, 2.75) is 31.2 Å². The number of benzene rings is 2. The summed E-state index contributed by atoms with van der Waals surface area (Å²) in [7, 11) is -2.41. The SMILES string of the molecule is COc1cccc(-c2csc(NC(Cc3ccc(OS(N)(=O)=O)cc3)c3csc(C4CC4)n3)n2)c1. The number of nitrogens with one attached hydrogen (secondary N) is 1. The lowest BCUT2D eigenvalue weighted by atomic mass is 10.0. The van der Waals surface area contributed by atoms with Crippen LogP contribution >= 0.6 is 22.7 Å². The number of methoxy groups -OCH3 is 1. The lowest BCUT2D eigenvalue weighted by Crippen LogP contribution is -2.19. The Balaban J connectivity index is 1.37. The summed E-state index contributed by atoms with van der Waals surface area (Å²) in [6.07, 6.45) is 3.04. The number of nitrogens with two attached hydrogens (primary N) is 1. The number of ether oxygens (including phenoxy) is 1. The third-order valence-corrected chi connectivity index (χ3v) is 7.79. The minimum atomic E-state index is -4.06. The number of thiazole rings is 2. The van der Waals surface area contributed by atoms with Gasteiger partial charge in [-0.05, 0) is 49.1 Å². The van der Waals surface area contributed by atoms with Gasteiger partial charge in [0.25, 0.3) is 0 Å². The summed E-state index contributed by atoms with van der Waals surface area (Å²) in [4.78, 5) is 9.71. The summed E-state index contributed by atoms with van der Waals surface area (Å²) in [6.45, 7) is 0. The van der Waals surface area contributed by atoms with Crippen LogP contribution in [0.2, 0.25) is 0 Å². The Morgan fingerprint density at radius 1 is 1.09 bits per heavy atom. The van der Waals surface area contributed by atoms with E-state index in [2.05, 4.69) is 10.7 Å². The summed E-state index contributed by atoms with van der Waals surface area (Å²) in [5, 5.41) is 14.6. The van der Waals surface area contributed by atoms with Gasteiger partial charge in [-0.2, -0.15) is 13.6 Å². The first-order valence-electron chi connectivity index (χ1n) is 11.0. The molecule has 35 heavy (non-hydrogen) atoms. The molecule has 2 aromatic heterocycles. The van der Waals surface area contributed by atoms with E-state index in [-0.39, 0.29) is 11.8 Å². The second kappa shape index (κ2) is 9.94. The van der Waals surface area contributed by atoms with Crippen molar-refractivity contribution in [2.75, 3.05) is 12.4 Å². The van der Waals surface area contributed by atoms with Crippen molar-refractivity contribution in [3.05, 3.63) is 75.6 Å². The van der Waals surface area contributed by atoms with Crippen molar-refractivity contribution in [1.82, 2.24) is 9.97 Å². The third-order valence-electron chi connectivity index (χ3n) is 5.57. The average Bonchev–Trinajstić information content (AvgIpc) is 3.37. The minimum absolute atomic E-state index is 0.104. The molecular weight excluding hydrogens is 504 g/mol. The second-order valence-electron chi connectivity index (χ2n) is 8.28. The number of nitrogens with zero attached hydrogens (tertiary/aromatic N) is 2. The van der Waals surface area contributed by atoms with Gasteiger partial charge in [0.1, 0.15) is 11.5 Å². The lowest BCUT2D eigenvalue weighted by Gasteiger charge is -2.17. The maximum absolute atomic E-state index is 11.2. The molecular formula is C24H24N4O4S3. The lowest BCUT2D eigenvalue weighted by molar-refractivity contribution is 0.415. The molecule has 0 saturated heterocycles. The largest absolute Gasteiger partial charge is 0.497 e. The number of anilines is 1. The Morgan fingerprint density at radius 2 is 1.89 bits per heavy atom. The van der Waals surface area contributed by atoms with Crippen molar-refractivity contribution in [3.63, 3.8) is 0 Å². The standard InChI is InChI=1S/C24H24N4O4S3/c1-31-19-4-2-3-17(12-19)21-13-34-24(28-21)27-20(22-14-33-23(26-22)16-7-8-16)11-15-5-9-18(10-6-15)32-35(25,29)30/h2-6,9-10,12-14,16,20H,7-8,11H2,1H3,(H,27,28)(H2,25,29,30). The number of hydrogen-bond donors (Lipinski definition) is 2. The van der Waals surface area contributed by atoms with E-state index in [9.17, 15) is 8.42 Å². The molecule has 11 heteroatoms. The molecule has 1 aliphatic carbocycles. The van der Waals surface area contributed by atoms with Crippen LogP contribution in [0.1, 0.15) is 41.1 Å². The maximum Gasteiger partial charge on any atom is 0.380 e. The molecule has 0 amide bonds. The van der Waals surface area contributed by atoms with Crippen molar-refractivity contribution in [2.24, 2.45) is 5.14 Å². The number of rotatable bonds is 10. The molecule has 4 aromatic rings. The van der Waals surface area contributed by atoms with Crippen LogP contribution in [0, 0.1) is 0 Å². The van der Waals surface area contributed by atoms with Gasteiger partial charge in [0, 0.05) is 22.2 Å². The maximum atomic E-state index is 11.2. The van der Waals surface area contributed by atoms with Crippen LogP contribution in [-0.2, 0) is 16.7 Å². The highest BCUT2D eigenvalue weighted by molar-refractivity contribution is 7.84. The monoisotopic (exact) mass is 528 g/mol. The molecule has 0 bridgehead atoms. The number of aromatic nitrogens is 2. The Labute approximate surface area is 212 Å². The van der Waals surface area contributed by atoms with Gasteiger partial charge >= 0.3 is 10.3 Å². The Kier molecular flexibility index (Phi) is 6.74. The van der Waals surface area contributed by atoms with E-state index in [4.69, 9.17) is 24.0 Å². The van der Waals surface area contributed by atoms with E-state index in [0.29, 0.717) is 12.3 Å². The number of hydrogen-bond acceptors (Lipinski definition) is 9. The van der Waals surface area contributed by atoms with E-state index in [0.717, 1.165) is 33.4 Å². The first kappa shape index (κ1) is 23.7. The van der Waals surface area contributed by atoms with Gasteiger partial charge in [0.15, 0.2) is 5.13 Å². The van der Waals surface area contributed by atoms with Gasteiger partial charge in [0.05, 0.1) is 29.5 Å². The van der Waals surface area contributed by atoms with Crippen molar-refractivity contribution >= 4 is 38.1 Å². The van der Waals surface area contributed by atoms with Crippen molar-refractivity contribution in [1.29, 1.82) is 0 Å². The molecule has 8 nitrogen and oxygen atoms in total. The molecule has 1 unspecified atom stereocenters. The van der Waals surface area contributed by atoms with Crippen LogP contribution in [0.15, 0.2) is 59.3 Å². The second-order valence-corrected chi connectivity index (χ2v) is 11.2. The molecule has 3 N–H and O–H groups in total. The van der Waals surface area contributed by atoms with Gasteiger partial charge in [-0.15, -0.1) is 22.7 Å². The molecule has 1 atom stereocenters. The van der Waals surface area contributed by atoms with Crippen LogP contribution in [-0.4, -0.2) is 25.5 Å². The zero-order chi connectivity index (χ0) is 24.4. The molecule has 2 heterocycles. The van der Waals surface area contributed by atoms with Gasteiger partial charge in [0.2, 0.25) is 0 Å². The summed E-state index contributed by atoms with van der Waals surface area (Å²) < 4.78 is 32.4. The van der Waals surface area contributed by atoms with Crippen LogP contribution in [0.5, 0.6) is 11.5 Å². The molecule has 182 valence electrons. The fraction of sp³-hybridized carbons (Fsp3) is 0.250. The predicted octanol–water partition coefficient (Wildman–Crippen LogP) is 5.13. The highest BCUT2D eigenvalue weighted by Gasteiger charge is 2.28. The zero-order valence-electron chi connectivity index (χ0n) is 18.9. The third kappa shape index (κ3) is 6.17. The van der Waals surface area contributed by atoms with Crippen LogP contribution < -0.4 is 19.4 Å². The smallest absolute Gasteiger partial charge is 0.380 e. The van der Waals surface area contributed by atoms with Gasteiger partial charge in [-0.25, -0.2) is 9.97 Å². The molecule has 5 rings (SSSR count). The molecule has 0 radical (unpaired) electrons.